The van der Waals surface area contributed by atoms with Crippen molar-refractivity contribution in [1.82, 2.24) is 9.80 Å². The number of carbonyl (C=O) groups excluding carboxylic acids is 3. The Hall–Kier alpha value is -2.19. The van der Waals surface area contributed by atoms with Gasteiger partial charge in [-0.2, -0.15) is 0 Å². The van der Waals surface area contributed by atoms with Crippen LogP contribution < -0.4 is 0 Å². The van der Waals surface area contributed by atoms with Crippen molar-refractivity contribution < 1.29 is 29.0 Å². The standard InChI is InChI=1S/C21H28N2O6/c1-12(2)22-9-6-8-21-16(15-14(29-21)7-4-5-10-28-20(15)27)18(25)23(13(3)11-24)17(21)19(22)26/h4,6-8,12-17,24H,5,9-11H2,1-3H3/t13-,14-,15+,16+,17?,21+/m1/s1. The fourth-order valence-corrected chi connectivity index (χ4v) is 5.09. The number of fused-ring (bicyclic) bond motifs is 2. The van der Waals surface area contributed by atoms with Gasteiger partial charge in [-0.25, -0.2) is 0 Å². The number of amides is 2. The number of hydrogen-bond donors (Lipinski definition) is 1. The molecule has 1 unspecified atom stereocenters. The van der Waals surface area contributed by atoms with Gasteiger partial charge >= 0.3 is 5.97 Å². The summed E-state index contributed by atoms with van der Waals surface area (Å²) in [5, 5.41) is 9.78. The van der Waals surface area contributed by atoms with E-state index in [-0.39, 0.29) is 31.1 Å². The van der Waals surface area contributed by atoms with Crippen molar-refractivity contribution >= 4 is 17.8 Å². The van der Waals surface area contributed by atoms with Crippen LogP contribution >= 0.6 is 0 Å². The van der Waals surface area contributed by atoms with Crippen molar-refractivity contribution in [3.8, 4) is 0 Å². The van der Waals surface area contributed by atoms with Gasteiger partial charge in [0.2, 0.25) is 11.8 Å². The van der Waals surface area contributed by atoms with Crippen LogP contribution in [0.4, 0.5) is 0 Å². The summed E-state index contributed by atoms with van der Waals surface area (Å²) in [6.07, 6.45) is 7.28. The van der Waals surface area contributed by atoms with E-state index in [1.807, 2.05) is 32.1 Å². The monoisotopic (exact) mass is 404 g/mol. The van der Waals surface area contributed by atoms with Gasteiger partial charge in [0, 0.05) is 12.6 Å². The Morgan fingerprint density at radius 2 is 1.97 bits per heavy atom. The normalized spacial score (nSPS) is 37.6. The molecule has 0 saturated carbocycles. The van der Waals surface area contributed by atoms with Gasteiger partial charge in [0.05, 0.1) is 31.3 Å². The van der Waals surface area contributed by atoms with E-state index >= 15 is 0 Å². The molecule has 4 aliphatic rings. The minimum Gasteiger partial charge on any atom is -0.465 e. The molecule has 29 heavy (non-hydrogen) atoms. The number of hydrogen-bond acceptors (Lipinski definition) is 6. The zero-order valence-corrected chi connectivity index (χ0v) is 17.0. The average molecular weight is 404 g/mol. The number of esters is 1. The van der Waals surface area contributed by atoms with Crippen molar-refractivity contribution in [1.29, 1.82) is 0 Å². The summed E-state index contributed by atoms with van der Waals surface area (Å²) in [5.41, 5.74) is -1.26. The number of aliphatic hydroxyl groups is 1. The molecule has 2 saturated heterocycles. The van der Waals surface area contributed by atoms with Gasteiger partial charge in [0.1, 0.15) is 17.6 Å². The van der Waals surface area contributed by atoms with E-state index in [9.17, 15) is 19.5 Å². The maximum absolute atomic E-state index is 13.6. The van der Waals surface area contributed by atoms with Crippen molar-refractivity contribution in [2.45, 2.75) is 57.0 Å². The zero-order chi connectivity index (χ0) is 20.9. The Balaban J connectivity index is 1.87. The quantitative estimate of drug-likeness (QED) is 0.535. The molecule has 4 heterocycles. The summed E-state index contributed by atoms with van der Waals surface area (Å²) in [6, 6.07) is -1.58. The summed E-state index contributed by atoms with van der Waals surface area (Å²) < 4.78 is 11.8. The topological polar surface area (TPSA) is 96.4 Å². The van der Waals surface area contributed by atoms with Crippen LogP contribution in [0.2, 0.25) is 0 Å². The lowest BCUT2D eigenvalue weighted by molar-refractivity contribution is -0.156. The van der Waals surface area contributed by atoms with Gasteiger partial charge < -0.3 is 24.4 Å². The summed E-state index contributed by atoms with van der Waals surface area (Å²) in [6.45, 7) is 5.89. The van der Waals surface area contributed by atoms with Gasteiger partial charge in [-0.05, 0) is 27.2 Å². The van der Waals surface area contributed by atoms with Crippen molar-refractivity contribution in [2.24, 2.45) is 11.8 Å². The average Bonchev–Trinajstić information content (AvgIpc) is 3.05. The fraction of sp³-hybridized carbons (Fsp3) is 0.667. The largest absolute Gasteiger partial charge is 0.465 e. The van der Waals surface area contributed by atoms with Gasteiger partial charge in [0.25, 0.3) is 0 Å². The van der Waals surface area contributed by atoms with Gasteiger partial charge in [-0.15, -0.1) is 0 Å². The number of nitrogens with zero attached hydrogens (tertiary/aromatic N) is 2. The Bertz CT molecular complexity index is 777. The highest BCUT2D eigenvalue weighted by atomic mass is 16.6. The predicted molar refractivity (Wildman–Crippen MR) is 102 cm³/mol. The molecule has 2 fully saturated rings. The number of cyclic esters (lactones) is 1. The zero-order valence-electron chi connectivity index (χ0n) is 17.0. The fourth-order valence-electron chi connectivity index (χ4n) is 5.09. The number of rotatable bonds is 3. The molecule has 6 atom stereocenters. The SMILES string of the molecule is CC(C)N1CC=C[C@]23O[C@@H]4C=CCCOC(=O)[C@@H]4[C@H]2C(=O)N([C@H](C)CO)C3C1=O. The molecule has 0 aromatic rings. The molecule has 0 bridgehead atoms. The number of ether oxygens (including phenoxy) is 2. The van der Waals surface area contributed by atoms with Gasteiger partial charge in [-0.3, -0.25) is 14.4 Å². The van der Waals surface area contributed by atoms with Crippen LogP contribution in [0.15, 0.2) is 24.3 Å². The highest BCUT2D eigenvalue weighted by Crippen LogP contribution is 2.53. The summed E-state index contributed by atoms with van der Waals surface area (Å²) >= 11 is 0. The van der Waals surface area contributed by atoms with Crippen LogP contribution in [0, 0.1) is 11.8 Å². The molecule has 4 rings (SSSR count). The summed E-state index contributed by atoms with van der Waals surface area (Å²) in [5.74, 6) is -2.74. The molecule has 0 aromatic carbocycles. The second-order valence-corrected chi connectivity index (χ2v) is 8.49. The first kappa shape index (κ1) is 20.1. The summed E-state index contributed by atoms with van der Waals surface area (Å²) in [7, 11) is 0. The van der Waals surface area contributed by atoms with E-state index in [1.165, 1.54) is 4.90 Å². The van der Waals surface area contributed by atoms with Crippen LogP contribution in [0.5, 0.6) is 0 Å². The van der Waals surface area contributed by atoms with Gasteiger partial charge in [0.15, 0.2) is 0 Å². The molecule has 0 radical (unpaired) electrons. The second kappa shape index (κ2) is 7.25. The van der Waals surface area contributed by atoms with Crippen LogP contribution in [0.1, 0.15) is 27.2 Å². The molecule has 158 valence electrons. The molecule has 8 nitrogen and oxygen atoms in total. The molecular weight excluding hydrogens is 376 g/mol. The predicted octanol–water partition coefficient (Wildman–Crippen LogP) is 0.258. The number of carbonyl (C=O) groups is 3. The van der Waals surface area contributed by atoms with E-state index < -0.39 is 41.6 Å². The Labute approximate surface area is 170 Å². The van der Waals surface area contributed by atoms with Crippen LogP contribution in [-0.2, 0) is 23.9 Å². The maximum atomic E-state index is 13.6. The van der Waals surface area contributed by atoms with E-state index in [0.717, 1.165) is 0 Å². The van der Waals surface area contributed by atoms with E-state index in [0.29, 0.717) is 13.0 Å². The minimum absolute atomic E-state index is 0.0670. The molecule has 8 heteroatoms. The third-order valence-corrected chi connectivity index (χ3v) is 6.45. The highest BCUT2D eigenvalue weighted by molar-refractivity contribution is 5.99. The molecule has 2 amide bonds. The Morgan fingerprint density at radius 3 is 2.66 bits per heavy atom. The third kappa shape index (κ3) is 2.84. The van der Waals surface area contributed by atoms with Crippen LogP contribution in [0.3, 0.4) is 0 Å². The molecule has 4 aliphatic heterocycles. The van der Waals surface area contributed by atoms with E-state index in [4.69, 9.17) is 9.47 Å². The highest BCUT2D eigenvalue weighted by Gasteiger charge is 2.72. The van der Waals surface area contributed by atoms with E-state index in [2.05, 4.69) is 0 Å². The second-order valence-electron chi connectivity index (χ2n) is 8.49. The van der Waals surface area contributed by atoms with Gasteiger partial charge in [-0.1, -0.05) is 24.3 Å². The lowest BCUT2D eigenvalue weighted by Crippen LogP contribution is -2.58. The lowest BCUT2D eigenvalue weighted by atomic mass is 9.77. The molecular formula is C21H28N2O6. The van der Waals surface area contributed by atoms with Crippen molar-refractivity contribution in [3.05, 3.63) is 24.3 Å². The first-order valence-corrected chi connectivity index (χ1v) is 10.3. The smallest absolute Gasteiger partial charge is 0.312 e. The maximum Gasteiger partial charge on any atom is 0.312 e. The lowest BCUT2D eigenvalue weighted by Gasteiger charge is -2.38. The number of aliphatic hydroxyl groups excluding tert-OH is 1. The van der Waals surface area contributed by atoms with Crippen LogP contribution in [0.25, 0.3) is 0 Å². The Kier molecular flexibility index (Phi) is 5.02. The van der Waals surface area contributed by atoms with Crippen molar-refractivity contribution in [2.75, 3.05) is 19.8 Å². The van der Waals surface area contributed by atoms with Crippen LogP contribution in [-0.4, -0.2) is 82.3 Å². The minimum atomic E-state index is -1.26. The molecule has 0 aromatic heterocycles. The molecule has 1 N–H and O–H groups in total. The Morgan fingerprint density at radius 1 is 1.21 bits per heavy atom. The van der Waals surface area contributed by atoms with Crippen molar-refractivity contribution in [3.63, 3.8) is 0 Å². The molecule has 1 spiro atoms. The summed E-state index contributed by atoms with van der Waals surface area (Å²) in [4.78, 5) is 43.1. The first-order valence-electron chi connectivity index (χ1n) is 10.3. The first-order chi connectivity index (χ1) is 13.8. The molecule has 0 aliphatic carbocycles. The number of likely N-dealkylation sites (tertiary alicyclic amines) is 1. The van der Waals surface area contributed by atoms with E-state index in [1.54, 1.807) is 17.9 Å². The third-order valence-electron chi connectivity index (χ3n) is 6.45.